The van der Waals surface area contributed by atoms with E-state index in [0.717, 1.165) is 54.5 Å². The molecule has 0 saturated carbocycles. The van der Waals surface area contributed by atoms with E-state index >= 15 is 4.57 Å². The van der Waals surface area contributed by atoms with Crippen molar-refractivity contribution in [3.8, 4) is 39.1 Å². The smallest absolute Gasteiger partial charge is 0.172 e. The summed E-state index contributed by atoms with van der Waals surface area (Å²) in [7, 11) is -3.03. The molecule has 2 aliphatic rings. The summed E-state index contributed by atoms with van der Waals surface area (Å²) in [6.45, 7) is 4.67. The maximum absolute atomic E-state index is 15.3. The molecule has 0 spiro atoms. The Hall–Kier alpha value is -5.43. The van der Waals surface area contributed by atoms with Crippen LogP contribution < -0.4 is 15.9 Å². The van der Waals surface area contributed by atoms with Gasteiger partial charge in [-0.15, -0.1) is 0 Å². The summed E-state index contributed by atoms with van der Waals surface area (Å²) in [5.41, 5.74) is 13.4. The standard InChI is InChI=1S/C45H32NOP/c1-45(2)39-17-9-6-14-33(39)34-25-22-30(26-40(34)45)29-20-23-31(24-21-29)46-41-18-10-7-15-35(41)37-28-44-38(27-42(37)46)36-16-8-11-19-43(36)48(44,47)32-12-4-3-5-13-32/h3-28H,1-2H3. The van der Waals surface area contributed by atoms with E-state index in [1.807, 2.05) is 36.4 Å². The van der Waals surface area contributed by atoms with Crippen LogP contribution >= 0.6 is 7.14 Å². The van der Waals surface area contributed by atoms with E-state index < -0.39 is 7.14 Å². The first kappa shape index (κ1) is 27.7. The van der Waals surface area contributed by atoms with E-state index in [1.54, 1.807) is 0 Å². The van der Waals surface area contributed by atoms with Crippen LogP contribution in [0, 0.1) is 0 Å². The zero-order valence-electron chi connectivity index (χ0n) is 26.8. The van der Waals surface area contributed by atoms with Gasteiger partial charge < -0.3 is 9.13 Å². The van der Waals surface area contributed by atoms with Crippen LogP contribution in [0.15, 0.2) is 158 Å². The van der Waals surface area contributed by atoms with Crippen LogP contribution in [0.25, 0.3) is 60.9 Å². The Bertz CT molecular complexity index is 2660. The van der Waals surface area contributed by atoms with Crippen molar-refractivity contribution in [3.63, 3.8) is 0 Å². The molecule has 0 saturated heterocycles. The second-order valence-corrected chi connectivity index (χ2v) is 16.4. The first-order valence-electron chi connectivity index (χ1n) is 16.6. The van der Waals surface area contributed by atoms with E-state index in [0.29, 0.717) is 0 Å². The molecule has 0 fully saturated rings. The summed E-state index contributed by atoms with van der Waals surface area (Å²) >= 11 is 0. The van der Waals surface area contributed by atoms with Gasteiger partial charge in [0.25, 0.3) is 0 Å². The molecule has 0 radical (unpaired) electrons. The van der Waals surface area contributed by atoms with Crippen molar-refractivity contribution >= 4 is 44.9 Å². The summed E-state index contributed by atoms with van der Waals surface area (Å²) in [5, 5.41) is 5.03. The SMILES string of the molecule is CC1(C)c2ccccc2-c2ccc(-c3ccc(-n4c5ccccc5c5cc6c(cc54)-c4ccccc4P6(=O)c4ccccc4)cc3)cc21. The van der Waals surface area contributed by atoms with Crippen LogP contribution in [0.4, 0.5) is 0 Å². The molecule has 228 valence electrons. The molecule has 1 aliphatic heterocycles. The summed E-state index contributed by atoms with van der Waals surface area (Å²) in [5.74, 6) is 0. The fraction of sp³-hybridized carbons (Fsp3) is 0.0667. The molecule has 1 atom stereocenters. The molecule has 10 rings (SSSR count). The van der Waals surface area contributed by atoms with Crippen LogP contribution in [-0.4, -0.2) is 4.57 Å². The van der Waals surface area contributed by atoms with Crippen LogP contribution in [0.3, 0.4) is 0 Å². The van der Waals surface area contributed by atoms with Gasteiger partial charge in [0.1, 0.15) is 0 Å². The van der Waals surface area contributed by atoms with Gasteiger partial charge >= 0.3 is 0 Å². The van der Waals surface area contributed by atoms with Crippen LogP contribution in [-0.2, 0) is 9.98 Å². The summed E-state index contributed by atoms with van der Waals surface area (Å²) in [6.07, 6.45) is 0. The highest BCUT2D eigenvalue weighted by Gasteiger charge is 2.41. The second kappa shape index (κ2) is 9.80. The summed E-state index contributed by atoms with van der Waals surface area (Å²) in [4.78, 5) is 0. The summed E-state index contributed by atoms with van der Waals surface area (Å²) in [6, 6.07) is 56.1. The number of benzene rings is 7. The minimum atomic E-state index is -3.03. The number of para-hydroxylation sites is 1. The lowest BCUT2D eigenvalue weighted by atomic mass is 9.81. The van der Waals surface area contributed by atoms with Crippen molar-refractivity contribution in [1.82, 2.24) is 4.57 Å². The maximum Gasteiger partial charge on any atom is 0.172 e. The molecule has 1 unspecified atom stereocenters. The molecular formula is C45H32NOP. The predicted octanol–water partition coefficient (Wildman–Crippen LogP) is 10.4. The lowest BCUT2D eigenvalue weighted by Gasteiger charge is -2.22. The van der Waals surface area contributed by atoms with E-state index in [2.05, 4.69) is 140 Å². The summed E-state index contributed by atoms with van der Waals surface area (Å²) < 4.78 is 17.6. The van der Waals surface area contributed by atoms with Crippen molar-refractivity contribution in [1.29, 1.82) is 0 Å². The fourth-order valence-corrected chi connectivity index (χ4v) is 11.5. The molecule has 2 heterocycles. The predicted molar refractivity (Wildman–Crippen MR) is 202 cm³/mol. The quantitative estimate of drug-likeness (QED) is 0.178. The van der Waals surface area contributed by atoms with Crippen LogP contribution in [0.5, 0.6) is 0 Å². The highest BCUT2D eigenvalue weighted by Crippen LogP contribution is 2.54. The highest BCUT2D eigenvalue weighted by atomic mass is 31.2. The monoisotopic (exact) mass is 633 g/mol. The third-order valence-corrected chi connectivity index (χ3v) is 14.0. The van der Waals surface area contributed by atoms with Crippen LogP contribution in [0.2, 0.25) is 0 Å². The van der Waals surface area contributed by atoms with E-state index in [9.17, 15) is 0 Å². The van der Waals surface area contributed by atoms with E-state index in [4.69, 9.17) is 0 Å². The molecule has 8 aromatic rings. The highest BCUT2D eigenvalue weighted by molar-refractivity contribution is 7.86. The van der Waals surface area contributed by atoms with Gasteiger partial charge in [-0.1, -0.05) is 135 Å². The first-order valence-corrected chi connectivity index (χ1v) is 18.3. The molecule has 1 aliphatic carbocycles. The molecule has 2 nitrogen and oxygen atoms in total. The number of nitrogens with zero attached hydrogens (tertiary/aromatic N) is 1. The van der Waals surface area contributed by atoms with Crippen molar-refractivity contribution in [2.24, 2.45) is 0 Å². The van der Waals surface area contributed by atoms with E-state index in [-0.39, 0.29) is 5.41 Å². The number of hydrogen-bond donors (Lipinski definition) is 0. The average molecular weight is 634 g/mol. The Morgan fingerprint density at radius 1 is 0.479 bits per heavy atom. The first-order chi connectivity index (χ1) is 23.4. The van der Waals surface area contributed by atoms with Crippen molar-refractivity contribution in [3.05, 3.63) is 169 Å². The number of aromatic nitrogens is 1. The van der Waals surface area contributed by atoms with Crippen molar-refractivity contribution in [2.45, 2.75) is 19.3 Å². The molecular weight excluding hydrogens is 601 g/mol. The van der Waals surface area contributed by atoms with Gasteiger partial charge in [0.2, 0.25) is 0 Å². The fourth-order valence-electron chi connectivity index (χ4n) is 8.47. The number of fused-ring (bicyclic) bond motifs is 9. The van der Waals surface area contributed by atoms with Gasteiger partial charge in [-0.3, -0.25) is 0 Å². The van der Waals surface area contributed by atoms with Gasteiger partial charge in [0, 0.05) is 37.8 Å². The topological polar surface area (TPSA) is 22.0 Å². The molecule has 0 bridgehead atoms. The lowest BCUT2D eigenvalue weighted by Crippen LogP contribution is -2.20. The molecule has 1 aromatic heterocycles. The molecule has 7 aromatic carbocycles. The number of rotatable bonds is 3. The minimum Gasteiger partial charge on any atom is -0.309 e. The minimum absolute atomic E-state index is 0.0335. The number of hydrogen-bond acceptors (Lipinski definition) is 1. The van der Waals surface area contributed by atoms with Crippen LogP contribution in [0.1, 0.15) is 25.0 Å². The molecule has 3 heteroatoms. The third kappa shape index (κ3) is 3.61. The lowest BCUT2D eigenvalue weighted by molar-refractivity contribution is 0.593. The molecule has 0 amide bonds. The van der Waals surface area contributed by atoms with Gasteiger partial charge in [-0.2, -0.15) is 0 Å². The molecule has 48 heavy (non-hydrogen) atoms. The Morgan fingerprint density at radius 3 is 1.98 bits per heavy atom. The Kier molecular flexibility index (Phi) is 5.65. The zero-order valence-corrected chi connectivity index (χ0v) is 27.7. The Labute approximate surface area is 280 Å². The average Bonchev–Trinajstić information content (AvgIpc) is 3.69. The van der Waals surface area contributed by atoms with Gasteiger partial charge in [0.05, 0.1) is 11.0 Å². The van der Waals surface area contributed by atoms with Crippen molar-refractivity contribution in [2.75, 3.05) is 0 Å². The van der Waals surface area contributed by atoms with Gasteiger partial charge in [-0.25, -0.2) is 0 Å². The second-order valence-electron chi connectivity index (χ2n) is 13.7. The third-order valence-electron chi connectivity index (χ3n) is 10.8. The van der Waals surface area contributed by atoms with Gasteiger partial charge in [-0.05, 0) is 80.9 Å². The Morgan fingerprint density at radius 2 is 1.15 bits per heavy atom. The largest absolute Gasteiger partial charge is 0.309 e. The maximum atomic E-state index is 15.3. The van der Waals surface area contributed by atoms with Gasteiger partial charge in [0.15, 0.2) is 7.14 Å². The van der Waals surface area contributed by atoms with E-state index in [1.165, 1.54) is 33.4 Å². The van der Waals surface area contributed by atoms with Crippen molar-refractivity contribution < 1.29 is 4.57 Å². The molecule has 0 N–H and O–H groups in total. The normalized spacial score (nSPS) is 16.9. The zero-order chi connectivity index (χ0) is 32.2. The Balaban J connectivity index is 1.14.